The third-order valence-electron chi connectivity index (χ3n) is 7.09. The highest BCUT2D eigenvalue weighted by Crippen LogP contribution is 1.90. The first-order chi connectivity index (χ1) is 29.6. The first-order valence-corrected chi connectivity index (χ1v) is 20.5. The molecule has 0 aliphatic carbocycles. The van der Waals surface area contributed by atoms with E-state index in [0.717, 1.165) is 12.2 Å². The molecule has 0 fully saturated rings. The van der Waals surface area contributed by atoms with Gasteiger partial charge in [0.25, 0.3) is 0 Å². The van der Waals surface area contributed by atoms with Gasteiger partial charge in [0.2, 0.25) is 11.8 Å². The summed E-state index contributed by atoms with van der Waals surface area (Å²) in [5.41, 5.74) is 0. The average Bonchev–Trinajstić information content (AvgIpc) is 3.25. The zero-order chi connectivity index (χ0) is 43.5. The lowest BCUT2D eigenvalue weighted by atomic mass is 10.4. The van der Waals surface area contributed by atoms with E-state index < -0.39 is 5.91 Å². The third-order valence-corrected chi connectivity index (χ3v) is 7.09. The lowest BCUT2D eigenvalue weighted by Gasteiger charge is -2.14. The fourth-order valence-corrected chi connectivity index (χ4v) is 4.11. The summed E-state index contributed by atoms with van der Waals surface area (Å²) in [6.07, 6.45) is 2.67. The molecule has 0 aromatic heterocycles. The smallest absolute Gasteiger partial charge is 0.246 e. The van der Waals surface area contributed by atoms with Gasteiger partial charge < -0.3 is 86.4 Å². The van der Waals surface area contributed by atoms with Crippen LogP contribution in [0.1, 0.15) is 0 Å². The predicted octanol–water partition coefficient (Wildman–Crippen LogP) is -1.44. The molecule has 354 valence electrons. The Morgan fingerprint density at radius 2 is 0.650 bits per heavy atom. The van der Waals surface area contributed by atoms with E-state index in [4.69, 9.17) is 76.2 Å². The molecule has 0 saturated heterocycles. The van der Waals surface area contributed by atoms with Gasteiger partial charge in [0.15, 0.2) is 0 Å². The topological polar surface area (TPSA) is 225 Å². The Labute approximate surface area is 355 Å². The summed E-state index contributed by atoms with van der Waals surface area (Å²) >= 11 is 0. The van der Waals surface area contributed by atoms with Gasteiger partial charge in [-0.15, -0.1) is 0 Å². The molecule has 0 bridgehead atoms. The van der Waals surface area contributed by atoms with E-state index in [-0.39, 0.29) is 19.1 Å². The highest BCUT2D eigenvalue weighted by atomic mass is 16.6. The van der Waals surface area contributed by atoms with Crippen molar-refractivity contribution in [1.29, 1.82) is 0 Å². The maximum atomic E-state index is 11.8. The molecule has 0 aliphatic heterocycles. The summed E-state index contributed by atoms with van der Waals surface area (Å²) in [5, 5.41) is 11.2. The number of carbonyl (C=O) groups is 3. The summed E-state index contributed by atoms with van der Waals surface area (Å²) < 4.78 is 81.4. The first kappa shape index (κ1) is 57.7. The number of rotatable bonds is 51. The fourth-order valence-electron chi connectivity index (χ4n) is 4.11. The van der Waals surface area contributed by atoms with E-state index in [1.807, 2.05) is 0 Å². The van der Waals surface area contributed by atoms with Crippen LogP contribution in [0.15, 0.2) is 12.2 Å². The molecular formula is C39H74N2O19. The molecule has 0 aliphatic rings. The number of aliphatic hydroxyl groups excluding tert-OH is 1. The summed E-state index contributed by atoms with van der Waals surface area (Å²) in [6, 6.07) is 0. The van der Waals surface area contributed by atoms with Crippen LogP contribution in [-0.4, -0.2) is 253 Å². The molecule has 0 unspecified atom stereocenters. The van der Waals surface area contributed by atoms with E-state index in [2.05, 4.69) is 5.32 Å². The number of allylic oxidation sites excluding steroid dienone is 1. The van der Waals surface area contributed by atoms with Gasteiger partial charge in [0, 0.05) is 19.7 Å². The Hall–Kier alpha value is -2.29. The van der Waals surface area contributed by atoms with Crippen LogP contribution in [0.2, 0.25) is 0 Å². The molecular weight excluding hydrogens is 800 g/mol. The van der Waals surface area contributed by atoms with E-state index >= 15 is 0 Å². The highest BCUT2D eigenvalue weighted by Gasteiger charge is 2.09. The first-order valence-electron chi connectivity index (χ1n) is 20.5. The monoisotopic (exact) mass is 874 g/mol. The van der Waals surface area contributed by atoms with Crippen LogP contribution in [0.4, 0.5) is 0 Å². The van der Waals surface area contributed by atoms with E-state index in [1.54, 1.807) is 0 Å². The molecule has 21 nitrogen and oxygen atoms in total. The van der Waals surface area contributed by atoms with Crippen LogP contribution < -0.4 is 5.32 Å². The summed E-state index contributed by atoms with van der Waals surface area (Å²) in [7, 11) is 1.47. The number of hydrogen-bond donors (Lipinski definition) is 2. The largest absolute Gasteiger partial charge is 0.394 e. The maximum absolute atomic E-state index is 11.8. The predicted molar refractivity (Wildman–Crippen MR) is 215 cm³/mol. The molecule has 0 heterocycles. The normalized spacial score (nSPS) is 11.5. The molecule has 0 aromatic rings. The van der Waals surface area contributed by atoms with Gasteiger partial charge in [-0.2, -0.15) is 0 Å². The van der Waals surface area contributed by atoms with Gasteiger partial charge in [0.05, 0.1) is 211 Å². The third kappa shape index (κ3) is 48.4. The second kappa shape index (κ2) is 51.1. The van der Waals surface area contributed by atoms with Crippen molar-refractivity contribution in [2.45, 2.75) is 0 Å². The number of likely N-dealkylation sites (N-methyl/N-ethyl adjacent to an activating group) is 1. The number of hydrogen-bond acceptors (Lipinski definition) is 19. The van der Waals surface area contributed by atoms with Crippen LogP contribution in [0.5, 0.6) is 0 Å². The van der Waals surface area contributed by atoms with Crippen molar-refractivity contribution in [2.75, 3.05) is 225 Å². The van der Waals surface area contributed by atoms with Gasteiger partial charge in [0.1, 0.15) is 6.29 Å². The minimum atomic E-state index is -0.432. The molecule has 2 N–H and O–H groups in total. The van der Waals surface area contributed by atoms with Crippen LogP contribution in [0.3, 0.4) is 0 Å². The molecule has 0 saturated carbocycles. The van der Waals surface area contributed by atoms with Gasteiger partial charge in [-0.3, -0.25) is 14.4 Å². The zero-order valence-corrected chi connectivity index (χ0v) is 35.8. The molecule has 60 heavy (non-hydrogen) atoms. The van der Waals surface area contributed by atoms with Crippen molar-refractivity contribution in [3.63, 3.8) is 0 Å². The molecule has 0 rings (SSSR count). The van der Waals surface area contributed by atoms with Crippen molar-refractivity contribution in [2.24, 2.45) is 0 Å². The SMILES string of the molecule is CN(CC(=O)NCCOCCOCCOCCOCCOCCOCCOCCOCCOCCOCCOCCOCCOCCOCCOCCO)C(=O)/C=C\C=O. The Balaban J connectivity index is 3.14. The number of nitrogens with one attached hydrogen (secondary N) is 1. The summed E-state index contributed by atoms with van der Waals surface area (Å²) in [5.74, 6) is -0.756. The number of aldehydes is 1. The lowest BCUT2D eigenvalue weighted by molar-refractivity contribution is -0.131. The second-order valence-electron chi connectivity index (χ2n) is 11.9. The number of carbonyl (C=O) groups excluding carboxylic acids is 3. The fraction of sp³-hybridized carbons (Fsp3) is 0.872. The van der Waals surface area contributed by atoms with Crippen LogP contribution >= 0.6 is 0 Å². The van der Waals surface area contributed by atoms with Crippen molar-refractivity contribution < 1.29 is 90.5 Å². The molecule has 0 aromatic carbocycles. The quantitative estimate of drug-likeness (QED) is 0.0406. The van der Waals surface area contributed by atoms with Gasteiger partial charge in [-0.05, 0) is 6.08 Å². The molecule has 0 spiro atoms. The van der Waals surface area contributed by atoms with Crippen LogP contribution in [-0.2, 0) is 85.4 Å². The summed E-state index contributed by atoms with van der Waals surface area (Å²) in [6.45, 7) is 13.9. The van der Waals surface area contributed by atoms with E-state index in [9.17, 15) is 14.4 Å². The Morgan fingerprint density at radius 3 is 0.883 bits per heavy atom. The Kier molecular flexibility index (Phi) is 49.1. The molecule has 21 heteroatoms. The minimum absolute atomic E-state index is 0.0164. The summed E-state index contributed by atoms with van der Waals surface area (Å²) in [4.78, 5) is 34.9. The van der Waals surface area contributed by atoms with Gasteiger partial charge in [-0.1, -0.05) is 0 Å². The highest BCUT2D eigenvalue weighted by molar-refractivity contribution is 5.93. The Bertz CT molecular complexity index is 940. The van der Waals surface area contributed by atoms with Crippen molar-refractivity contribution in [3.8, 4) is 0 Å². The van der Waals surface area contributed by atoms with E-state index in [1.165, 1.54) is 11.9 Å². The zero-order valence-electron chi connectivity index (χ0n) is 35.8. The number of amides is 2. The molecule has 0 radical (unpaired) electrons. The van der Waals surface area contributed by atoms with Crippen LogP contribution in [0.25, 0.3) is 0 Å². The van der Waals surface area contributed by atoms with Crippen molar-refractivity contribution >= 4 is 18.1 Å². The minimum Gasteiger partial charge on any atom is -0.394 e. The van der Waals surface area contributed by atoms with Gasteiger partial charge >= 0.3 is 0 Å². The maximum Gasteiger partial charge on any atom is 0.246 e. The molecule has 0 atom stereocenters. The number of ether oxygens (including phenoxy) is 15. The number of nitrogens with zero attached hydrogens (tertiary/aromatic N) is 1. The van der Waals surface area contributed by atoms with Crippen molar-refractivity contribution in [3.05, 3.63) is 12.2 Å². The van der Waals surface area contributed by atoms with Crippen molar-refractivity contribution in [1.82, 2.24) is 10.2 Å². The van der Waals surface area contributed by atoms with Crippen LogP contribution in [0, 0.1) is 0 Å². The second-order valence-corrected chi connectivity index (χ2v) is 11.9. The number of aliphatic hydroxyl groups is 1. The lowest BCUT2D eigenvalue weighted by Crippen LogP contribution is -2.38. The standard InChI is InChI=1S/C39H74N2O19/c1-41(39(45)3-2-5-42)37-38(44)40-4-7-46-9-11-48-13-15-50-17-19-52-21-23-54-25-27-56-29-31-58-33-35-60-36-34-59-32-30-57-28-26-55-24-22-53-20-18-51-16-14-49-12-10-47-8-6-43/h2-3,5,43H,4,6-37H2,1H3,(H,40,44)/b3-2-. The average molecular weight is 875 g/mol. The van der Waals surface area contributed by atoms with Gasteiger partial charge in [-0.25, -0.2) is 0 Å². The Morgan fingerprint density at radius 1 is 0.417 bits per heavy atom. The molecule has 2 amide bonds. The van der Waals surface area contributed by atoms with E-state index in [0.29, 0.717) is 211 Å².